The van der Waals surface area contributed by atoms with E-state index >= 15 is 0 Å². The van der Waals surface area contributed by atoms with Crippen molar-refractivity contribution >= 4 is 17.7 Å². The second-order valence-electron chi connectivity index (χ2n) is 3.99. The zero-order valence-corrected chi connectivity index (χ0v) is 9.83. The van der Waals surface area contributed by atoms with Crippen LogP contribution in [-0.2, 0) is 9.53 Å². The predicted octanol–water partition coefficient (Wildman–Crippen LogP) is -0.162. The van der Waals surface area contributed by atoms with Crippen LogP contribution in [0.1, 0.15) is 23.2 Å². The van der Waals surface area contributed by atoms with Crippen molar-refractivity contribution in [3.05, 3.63) is 18.1 Å². The van der Waals surface area contributed by atoms with E-state index < -0.39 is 5.97 Å². The summed E-state index contributed by atoms with van der Waals surface area (Å²) >= 11 is 0. The van der Waals surface area contributed by atoms with Crippen molar-refractivity contribution in [2.45, 2.75) is 12.8 Å². The highest BCUT2D eigenvalue weighted by molar-refractivity contribution is 5.94. The summed E-state index contributed by atoms with van der Waals surface area (Å²) in [6.07, 6.45) is 4.50. The quantitative estimate of drug-likeness (QED) is 0.748. The maximum Gasteiger partial charge on any atom is 0.344 e. The lowest BCUT2D eigenvalue weighted by atomic mass is 10.3. The molecule has 0 spiro atoms. The molecule has 1 aromatic rings. The lowest BCUT2D eigenvalue weighted by Crippen LogP contribution is -2.32. The first-order chi connectivity index (χ1) is 8.68. The fourth-order valence-corrected chi connectivity index (χ4v) is 1.76. The van der Waals surface area contributed by atoms with Gasteiger partial charge in [-0.25, -0.2) is 14.8 Å². The SMILES string of the molecule is Nc1ncncc1C(=O)OCC(=O)N1CCCC1. The number of likely N-dealkylation sites (tertiary alicyclic amines) is 1. The molecule has 1 fully saturated rings. The number of esters is 1. The van der Waals surface area contributed by atoms with Crippen molar-refractivity contribution < 1.29 is 14.3 Å². The first-order valence-electron chi connectivity index (χ1n) is 5.69. The van der Waals surface area contributed by atoms with Crippen LogP contribution in [0.2, 0.25) is 0 Å². The first kappa shape index (κ1) is 12.3. The molecule has 2 heterocycles. The van der Waals surface area contributed by atoms with Gasteiger partial charge >= 0.3 is 5.97 Å². The maximum atomic E-state index is 11.7. The maximum absolute atomic E-state index is 11.7. The molecule has 7 heteroatoms. The highest BCUT2D eigenvalue weighted by Gasteiger charge is 2.20. The van der Waals surface area contributed by atoms with Crippen molar-refractivity contribution in [2.24, 2.45) is 0 Å². The van der Waals surface area contributed by atoms with E-state index in [9.17, 15) is 9.59 Å². The summed E-state index contributed by atoms with van der Waals surface area (Å²) in [4.78, 5) is 32.3. The van der Waals surface area contributed by atoms with Gasteiger partial charge in [-0.3, -0.25) is 4.79 Å². The number of nitrogen functional groups attached to an aromatic ring is 1. The lowest BCUT2D eigenvalue weighted by molar-refractivity contribution is -0.133. The van der Waals surface area contributed by atoms with E-state index in [1.165, 1.54) is 12.5 Å². The zero-order valence-electron chi connectivity index (χ0n) is 9.83. The van der Waals surface area contributed by atoms with E-state index in [1.807, 2.05) is 0 Å². The third kappa shape index (κ3) is 2.73. The number of nitrogens with zero attached hydrogens (tertiary/aromatic N) is 3. The van der Waals surface area contributed by atoms with Gasteiger partial charge in [0, 0.05) is 19.3 Å². The molecule has 0 unspecified atom stereocenters. The third-order valence-corrected chi connectivity index (χ3v) is 2.75. The average Bonchev–Trinajstić information content (AvgIpc) is 2.90. The smallest absolute Gasteiger partial charge is 0.344 e. The summed E-state index contributed by atoms with van der Waals surface area (Å²) in [5.41, 5.74) is 5.58. The number of ether oxygens (including phenoxy) is 1. The molecule has 1 aliphatic heterocycles. The Morgan fingerprint density at radius 2 is 2.11 bits per heavy atom. The standard InChI is InChI=1S/C11H14N4O3/c12-10-8(5-13-7-14-10)11(17)18-6-9(16)15-3-1-2-4-15/h5,7H,1-4,6H2,(H2,12,13,14). The van der Waals surface area contributed by atoms with Crippen LogP contribution in [0, 0.1) is 0 Å². The van der Waals surface area contributed by atoms with Gasteiger partial charge in [0.15, 0.2) is 6.61 Å². The van der Waals surface area contributed by atoms with Gasteiger partial charge in [0.05, 0.1) is 0 Å². The van der Waals surface area contributed by atoms with Gasteiger partial charge in [0.1, 0.15) is 17.7 Å². The van der Waals surface area contributed by atoms with Crippen molar-refractivity contribution in [3.63, 3.8) is 0 Å². The van der Waals surface area contributed by atoms with Crippen LogP contribution in [0.3, 0.4) is 0 Å². The van der Waals surface area contributed by atoms with Crippen LogP contribution in [0.5, 0.6) is 0 Å². The van der Waals surface area contributed by atoms with Crippen molar-refractivity contribution in [1.82, 2.24) is 14.9 Å². The van der Waals surface area contributed by atoms with E-state index in [2.05, 4.69) is 9.97 Å². The molecule has 96 valence electrons. The highest BCUT2D eigenvalue weighted by atomic mass is 16.5. The predicted molar refractivity (Wildman–Crippen MR) is 62.5 cm³/mol. The number of aromatic nitrogens is 2. The molecule has 0 atom stereocenters. The summed E-state index contributed by atoms with van der Waals surface area (Å²) in [7, 11) is 0. The van der Waals surface area contributed by atoms with E-state index in [-0.39, 0.29) is 23.9 Å². The van der Waals surface area contributed by atoms with E-state index in [4.69, 9.17) is 10.5 Å². The molecule has 2 N–H and O–H groups in total. The Kier molecular flexibility index (Phi) is 3.71. The molecule has 0 saturated carbocycles. The monoisotopic (exact) mass is 250 g/mol. The van der Waals surface area contributed by atoms with Crippen LogP contribution >= 0.6 is 0 Å². The number of rotatable bonds is 3. The molecule has 18 heavy (non-hydrogen) atoms. The Bertz CT molecular complexity index is 457. The van der Waals surface area contributed by atoms with Gasteiger partial charge < -0.3 is 15.4 Å². The minimum Gasteiger partial charge on any atom is -0.452 e. The molecule has 1 aliphatic rings. The van der Waals surface area contributed by atoms with Crippen LogP contribution < -0.4 is 5.73 Å². The second kappa shape index (κ2) is 5.44. The summed E-state index contributed by atoms with van der Waals surface area (Å²) in [5, 5.41) is 0. The van der Waals surface area contributed by atoms with Crippen LogP contribution in [-0.4, -0.2) is 46.4 Å². The van der Waals surface area contributed by atoms with Gasteiger partial charge in [-0.2, -0.15) is 0 Å². The zero-order chi connectivity index (χ0) is 13.0. The molecule has 1 amide bonds. The minimum absolute atomic E-state index is 0.0450. The molecule has 7 nitrogen and oxygen atoms in total. The fraction of sp³-hybridized carbons (Fsp3) is 0.455. The molecule has 0 aliphatic carbocycles. The molecule has 0 radical (unpaired) electrons. The van der Waals surface area contributed by atoms with E-state index in [0.29, 0.717) is 0 Å². The number of nitrogens with two attached hydrogens (primary N) is 1. The lowest BCUT2D eigenvalue weighted by Gasteiger charge is -2.14. The molecule has 0 bridgehead atoms. The number of amides is 1. The Morgan fingerprint density at radius 1 is 1.39 bits per heavy atom. The molecule has 1 saturated heterocycles. The van der Waals surface area contributed by atoms with Crippen LogP contribution in [0.15, 0.2) is 12.5 Å². The summed E-state index contributed by atoms with van der Waals surface area (Å²) in [5.74, 6) is -0.819. The molecular weight excluding hydrogens is 236 g/mol. The van der Waals surface area contributed by atoms with Crippen molar-refractivity contribution in [2.75, 3.05) is 25.4 Å². The summed E-state index contributed by atoms with van der Waals surface area (Å²) < 4.78 is 4.89. The van der Waals surface area contributed by atoms with Crippen LogP contribution in [0.4, 0.5) is 5.82 Å². The average molecular weight is 250 g/mol. The Morgan fingerprint density at radius 3 is 2.78 bits per heavy atom. The van der Waals surface area contributed by atoms with Crippen LogP contribution in [0.25, 0.3) is 0 Å². The topological polar surface area (TPSA) is 98.4 Å². The molecule has 1 aromatic heterocycles. The fourth-order valence-electron chi connectivity index (χ4n) is 1.76. The molecule has 2 rings (SSSR count). The van der Waals surface area contributed by atoms with Crippen molar-refractivity contribution in [1.29, 1.82) is 0 Å². The Labute approximate surface area is 104 Å². The molecule has 0 aromatic carbocycles. The van der Waals surface area contributed by atoms with Gasteiger partial charge in [0.25, 0.3) is 5.91 Å². The number of carbonyl (C=O) groups is 2. The highest BCUT2D eigenvalue weighted by Crippen LogP contribution is 2.09. The third-order valence-electron chi connectivity index (χ3n) is 2.75. The summed E-state index contributed by atoms with van der Waals surface area (Å²) in [6, 6.07) is 0. The van der Waals surface area contributed by atoms with Gasteiger partial charge in [-0.05, 0) is 12.8 Å². The number of hydrogen-bond donors (Lipinski definition) is 1. The van der Waals surface area contributed by atoms with Gasteiger partial charge in [-0.15, -0.1) is 0 Å². The summed E-state index contributed by atoms with van der Waals surface area (Å²) in [6.45, 7) is 1.19. The van der Waals surface area contributed by atoms with E-state index in [0.717, 1.165) is 25.9 Å². The number of hydrogen-bond acceptors (Lipinski definition) is 6. The number of anilines is 1. The van der Waals surface area contributed by atoms with Crippen molar-refractivity contribution in [3.8, 4) is 0 Å². The largest absolute Gasteiger partial charge is 0.452 e. The van der Waals surface area contributed by atoms with Gasteiger partial charge in [0.2, 0.25) is 0 Å². The van der Waals surface area contributed by atoms with Gasteiger partial charge in [-0.1, -0.05) is 0 Å². The Hall–Kier alpha value is -2.18. The first-order valence-corrected chi connectivity index (χ1v) is 5.69. The minimum atomic E-state index is -0.680. The Balaban J connectivity index is 1.88. The number of carbonyl (C=O) groups excluding carboxylic acids is 2. The molecular formula is C11H14N4O3. The normalized spacial score (nSPS) is 14.6. The van der Waals surface area contributed by atoms with E-state index in [1.54, 1.807) is 4.90 Å². The second-order valence-corrected chi connectivity index (χ2v) is 3.99.